The minimum Gasteiger partial charge on any atom is -0.493 e. The summed E-state index contributed by atoms with van der Waals surface area (Å²) in [5, 5.41) is 15.1. The highest BCUT2D eigenvalue weighted by Crippen LogP contribution is 2.40. The molecule has 2 N–H and O–H groups in total. The number of nitrogens with one attached hydrogen (secondary N) is 2. The molecule has 1 aromatic heterocycles. The van der Waals surface area contributed by atoms with Gasteiger partial charge in [0.1, 0.15) is 0 Å². The summed E-state index contributed by atoms with van der Waals surface area (Å²) in [6.45, 7) is 3.15. The number of hydrogen-bond acceptors (Lipinski definition) is 8. The molecule has 1 aliphatic heterocycles. The zero-order valence-corrected chi connectivity index (χ0v) is 17.3. The van der Waals surface area contributed by atoms with E-state index in [2.05, 4.69) is 32.7 Å². The molecule has 0 unspecified atom stereocenters. The Hall–Kier alpha value is -2.75. The van der Waals surface area contributed by atoms with Gasteiger partial charge in [-0.25, -0.2) is 4.79 Å². The molecule has 1 aromatic carbocycles. The molecule has 28 heavy (non-hydrogen) atoms. The molecular weight excluding hydrogens is 382 g/mol. The van der Waals surface area contributed by atoms with Crippen molar-refractivity contribution in [1.82, 2.24) is 10.2 Å². The van der Waals surface area contributed by atoms with E-state index in [0.717, 1.165) is 24.5 Å². The normalized spacial score (nSPS) is 16.4. The molecule has 3 rings (SSSR count). The van der Waals surface area contributed by atoms with Crippen LogP contribution in [0.15, 0.2) is 12.1 Å². The molecule has 1 fully saturated rings. The van der Waals surface area contributed by atoms with Crippen LogP contribution in [0.25, 0.3) is 0 Å². The zero-order valence-electron chi connectivity index (χ0n) is 16.4. The summed E-state index contributed by atoms with van der Waals surface area (Å²) in [7, 11) is 4.56. The highest BCUT2D eigenvalue weighted by atomic mass is 32.1. The third-order valence-electron chi connectivity index (χ3n) is 4.61. The molecule has 0 aliphatic carbocycles. The minimum absolute atomic E-state index is 0.427. The van der Waals surface area contributed by atoms with Crippen molar-refractivity contribution < 1.29 is 19.0 Å². The quantitative estimate of drug-likeness (QED) is 0.755. The second-order valence-electron chi connectivity index (χ2n) is 6.42. The van der Waals surface area contributed by atoms with Crippen LogP contribution in [0.1, 0.15) is 26.2 Å². The lowest BCUT2D eigenvalue weighted by molar-refractivity contribution is 0.262. The highest BCUT2D eigenvalue weighted by Gasteiger charge is 2.22. The first kappa shape index (κ1) is 20.0. The van der Waals surface area contributed by atoms with E-state index < -0.39 is 6.03 Å². The predicted octanol–water partition coefficient (Wildman–Crippen LogP) is 3.59. The van der Waals surface area contributed by atoms with Gasteiger partial charge in [0.2, 0.25) is 16.0 Å². The first-order valence-electron chi connectivity index (χ1n) is 9.04. The highest BCUT2D eigenvalue weighted by molar-refractivity contribution is 7.19. The molecule has 0 spiro atoms. The average Bonchev–Trinajstić information content (AvgIpc) is 3.15. The number of urea groups is 1. The molecule has 0 bridgehead atoms. The second-order valence-corrected chi connectivity index (χ2v) is 7.38. The molecule has 2 heterocycles. The Labute approximate surface area is 168 Å². The van der Waals surface area contributed by atoms with Crippen LogP contribution in [0.5, 0.6) is 17.2 Å². The number of nitrogens with zero attached hydrogens (tertiary/aromatic N) is 3. The van der Waals surface area contributed by atoms with Crippen molar-refractivity contribution in [3.05, 3.63) is 12.1 Å². The van der Waals surface area contributed by atoms with Gasteiger partial charge in [-0.05, 0) is 26.2 Å². The number of ether oxygens (including phenoxy) is 3. The third-order valence-corrected chi connectivity index (χ3v) is 5.48. The molecule has 1 aliphatic rings. The van der Waals surface area contributed by atoms with E-state index >= 15 is 0 Å². The minimum atomic E-state index is -0.427. The number of hydrogen-bond donors (Lipinski definition) is 2. The molecule has 2 amide bonds. The maximum absolute atomic E-state index is 12.4. The Bertz CT molecular complexity index is 803. The van der Waals surface area contributed by atoms with E-state index in [4.69, 9.17) is 14.2 Å². The van der Waals surface area contributed by atoms with Gasteiger partial charge < -0.3 is 24.4 Å². The topological polar surface area (TPSA) is 97.8 Å². The van der Waals surface area contributed by atoms with Gasteiger partial charge in [0.25, 0.3) is 0 Å². The number of carbonyl (C=O) groups excluding carboxylic acids is 1. The van der Waals surface area contributed by atoms with Crippen LogP contribution in [0.4, 0.5) is 20.7 Å². The Morgan fingerprint density at radius 1 is 1.11 bits per heavy atom. The van der Waals surface area contributed by atoms with Gasteiger partial charge in [-0.2, -0.15) is 0 Å². The standard InChI is InChI=1S/C18H25N5O4S/c1-11-7-5-6-8-23(11)18-22-21-17(28-18)20-16(24)19-12-9-13(25-2)15(27-4)14(10-12)26-3/h9-11H,5-8H2,1-4H3,(H2,19,20,21,24)/t11-/m0/s1. The number of aromatic nitrogens is 2. The fourth-order valence-electron chi connectivity index (χ4n) is 3.18. The monoisotopic (exact) mass is 407 g/mol. The van der Waals surface area contributed by atoms with Crippen molar-refractivity contribution in [2.24, 2.45) is 0 Å². The van der Waals surface area contributed by atoms with Crippen molar-refractivity contribution in [2.75, 3.05) is 43.4 Å². The van der Waals surface area contributed by atoms with Crippen LogP contribution in [-0.4, -0.2) is 50.1 Å². The number of amides is 2. The van der Waals surface area contributed by atoms with Crippen LogP contribution in [0.3, 0.4) is 0 Å². The first-order chi connectivity index (χ1) is 13.5. The number of anilines is 3. The molecule has 1 atom stereocenters. The van der Waals surface area contributed by atoms with E-state index in [1.54, 1.807) is 12.1 Å². The smallest absolute Gasteiger partial charge is 0.325 e. The number of piperidine rings is 1. The summed E-state index contributed by atoms with van der Waals surface area (Å²) < 4.78 is 15.9. The molecule has 152 valence electrons. The summed E-state index contributed by atoms with van der Waals surface area (Å²) in [5.41, 5.74) is 0.501. The summed E-state index contributed by atoms with van der Waals surface area (Å²) >= 11 is 1.37. The van der Waals surface area contributed by atoms with E-state index in [1.165, 1.54) is 39.1 Å². The predicted molar refractivity (Wildman–Crippen MR) is 109 cm³/mol. The molecule has 2 aromatic rings. The van der Waals surface area contributed by atoms with Crippen molar-refractivity contribution in [3.8, 4) is 17.2 Å². The molecule has 1 saturated heterocycles. The number of rotatable bonds is 6. The lowest BCUT2D eigenvalue weighted by Crippen LogP contribution is -2.37. The fraction of sp³-hybridized carbons (Fsp3) is 0.500. The molecule has 10 heteroatoms. The maximum Gasteiger partial charge on any atom is 0.325 e. The van der Waals surface area contributed by atoms with Crippen molar-refractivity contribution in [1.29, 1.82) is 0 Å². The van der Waals surface area contributed by atoms with Gasteiger partial charge in [-0.1, -0.05) is 11.3 Å². The van der Waals surface area contributed by atoms with Crippen molar-refractivity contribution in [3.63, 3.8) is 0 Å². The van der Waals surface area contributed by atoms with Gasteiger partial charge in [-0.15, -0.1) is 10.2 Å². The molecule has 0 saturated carbocycles. The summed E-state index contributed by atoms with van der Waals surface area (Å²) in [5.74, 6) is 1.37. The summed E-state index contributed by atoms with van der Waals surface area (Å²) in [6, 6.07) is 3.32. The van der Waals surface area contributed by atoms with Crippen LogP contribution < -0.4 is 29.7 Å². The fourth-order valence-corrected chi connectivity index (χ4v) is 4.05. The van der Waals surface area contributed by atoms with Gasteiger partial charge in [0.05, 0.1) is 27.0 Å². The van der Waals surface area contributed by atoms with E-state index in [9.17, 15) is 4.79 Å². The van der Waals surface area contributed by atoms with Gasteiger partial charge >= 0.3 is 6.03 Å². The van der Waals surface area contributed by atoms with E-state index in [-0.39, 0.29) is 0 Å². The van der Waals surface area contributed by atoms with Gasteiger partial charge in [-0.3, -0.25) is 5.32 Å². The molecule has 9 nitrogen and oxygen atoms in total. The third kappa shape index (κ3) is 4.38. The summed E-state index contributed by atoms with van der Waals surface area (Å²) in [6.07, 6.45) is 3.52. The molecule has 0 radical (unpaired) electrons. The average molecular weight is 407 g/mol. The van der Waals surface area contributed by atoms with Crippen LogP contribution >= 0.6 is 11.3 Å². The Morgan fingerprint density at radius 3 is 2.43 bits per heavy atom. The van der Waals surface area contributed by atoms with Crippen LogP contribution in [0, 0.1) is 0 Å². The zero-order chi connectivity index (χ0) is 20.1. The molecular formula is C18H25N5O4S. The maximum atomic E-state index is 12.4. The summed E-state index contributed by atoms with van der Waals surface area (Å²) in [4.78, 5) is 14.6. The Kier molecular flexibility index (Phi) is 6.40. The number of benzene rings is 1. The van der Waals surface area contributed by atoms with E-state index in [1.807, 2.05) is 0 Å². The number of carbonyl (C=O) groups is 1. The van der Waals surface area contributed by atoms with Crippen LogP contribution in [0.2, 0.25) is 0 Å². The van der Waals surface area contributed by atoms with Crippen molar-refractivity contribution >= 4 is 33.3 Å². The Balaban J connectivity index is 1.68. The van der Waals surface area contributed by atoms with Gasteiger partial charge in [0.15, 0.2) is 11.5 Å². The first-order valence-corrected chi connectivity index (χ1v) is 9.85. The Morgan fingerprint density at radius 2 is 1.82 bits per heavy atom. The van der Waals surface area contributed by atoms with Gasteiger partial charge in [0, 0.05) is 24.7 Å². The van der Waals surface area contributed by atoms with E-state index in [0.29, 0.717) is 34.1 Å². The second kappa shape index (κ2) is 8.96. The van der Waals surface area contributed by atoms with Crippen molar-refractivity contribution in [2.45, 2.75) is 32.2 Å². The largest absolute Gasteiger partial charge is 0.493 e. The lowest BCUT2D eigenvalue weighted by Gasteiger charge is -2.32. The van der Waals surface area contributed by atoms with Crippen LogP contribution in [-0.2, 0) is 0 Å². The number of methoxy groups -OCH3 is 3. The SMILES string of the molecule is COc1cc(NC(=O)Nc2nnc(N3CCCC[C@@H]3C)s2)cc(OC)c1OC. The lowest BCUT2D eigenvalue weighted by atomic mass is 10.1.